The highest BCUT2D eigenvalue weighted by Gasteiger charge is 2.15. The fraction of sp³-hybridized carbons (Fsp3) is 0.125. The molecule has 0 saturated heterocycles. The lowest BCUT2D eigenvalue weighted by Gasteiger charge is -2.07. The summed E-state index contributed by atoms with van der Waals surface area (Å²) in [4.78, 5) is 4.55. The number of benzene rings is 2. The molecule has 3 aromatic rings. The summed E-state index contributed by atoms with van der Waals surface area (Å²) in [6.07, 6.45) is 0. The number of imidazole rings is 1. The van der Waals surface area contributed by atoms with Crippen LogP contribution in [0.4, 0.5) is 0 Å². The fourth-order valence-electron chi connectivity index (χ4n) is 2.31. The molecule has 3 rings (SSSR count). The van der Waals surface area contributed by atoms with Crippen molar-refractivity contribution < 1.29 is 8.42 Å². The zero-order valence-corrected chi connectivity index (χ0v) is 13.2. The van der Waals surface area contributed by atoms with E-state index in [1.165, 1.54) is 24.3 Å². The second kappa shape index (κ2) is 5.83. The fourth-order valence-corrected chi connectivity index (χ4v) is 3.29. The molecule has 0 fully saturated rings. The van der Waals surface area contributed by atoms with Crippen LogP contribution in [0.25, 0.3) is 11.0 Å². The summed E-state index contributed by atoms with van der Waals surface area (Å²) in [5.41, 5.74) is 2.18. The normalized spacial score (nSPS) is 11.5. The van der Waals surface area contributed by atoms with Gasteiger partial charge in [-0.05, 0) is 36.4 Å². The van der Waals surface area contributed by atoms with Crippen molar-refractivity contribution in [1.29, 1.82) is 5.26 Å². The first-order chi connectivity index (χ1) is 11.0. The average molecular weight is 326 g/mol. The molecule has 0 radical (unpaired) electrons. The molecule has 116 valence electrons. The third kappa shape index (κ3) is 2.95. The number of para-hydroxylation sites is 2. The van der Waals surface area contributed by atoms with Crippen LogP contribution >= 0.6 is 0 Å². The zero-order valence-electron chi connectivity index (χ0n) is 12.4. The minimum atomic E-state index is -3.65. The number of aromatic nitrogens is 2. The van der Waals surface area contributed by atoms with Gasteiger partial charge in [0.2, 0.25) is 10.0 Å². The third-order valence-corrected chi connectivity index (χ3v) is 5.01. The van der Waals surface area contributed by atoms with Gasteiger partial charge in [-0.3, -0.25) is 0 Å². The maximum Gasteiger partial charge on any atom is 0.240 e. The summed E-state index contributed by atoms with van der Waals surface area (Å²) in [6, 6.07) is 15.3. The molecule has 0 unspecified atom stereocenters. The van der Waals surface area contributed by atoms with E-state index in [9.17, 15) is 8.42 Å². The molecule has 0 spiro atoms. The molecule has 0 bridgehead atoms. The second-order valence-electron chi connectivity index (χ2n) is 5.04. The lowest BCUT2D eigenvalue weighted by molar-refractivity contribution is 0.578. The van der Waals surface area contributed by atoms with Gasteiger partial charge in [-0.2, -0.15) is 5.26 Å². The van der Waals surface area contributed by atoms with Gasteiger partial charge in [0.1, 0.15) is 5.82 Å². The molecule has 0 aliphatic heterocycles. The summed E-state index contributed by atoms with van der Waals surface area (Å²) in [6.45, 7) is 0.0908. The Morgan fingerprint density at radius 1 is 1.17 bits per heavy atom. The molecule has 0 aliphatic rings. The number of rotatable bonds is 4. The van der Waals surface area contributed by atoms with Gasteiger partial charge in [-0.1, -0.05) is 12.1 Å². The SMILES string of the molecule is Cn1c(CNS(=O)(=O)c2ccc(C#N)cc2)nc2ccccc21. The van der Waals surface area contributed by atoms with Gasteiger partial charge in [-0.15, -0.1) is 0 Å². The van der Waals surface area contributed by atoms with Crippen LogP contribution in [0, 0.1) is 11.3 Å². The number of hydrogen-bond donors (Lipinski definition) is 1. The van der Waals surface area contributed by atoms with Crippen LogP contribution in [0.5, 0.6) is 0 Å². The lowest BCUT2D eigenvalue weighted by atomic mass is 10.2. The monoisotopic (exact) mass is 326 g/mol. The number of nitrogens with one attached hydrogen (secondary N) is 1. The first-order valence-electron chi connectivity index (χ1n) is 6.91. The maximum absolute atomic E-state index is 12.3. The molecule has 7 heteroatoms. The largest absolute Gasteiger partial charge is 0.330 e. The Morgan fingerprint density at radius 2 is 1.87 bits per heavy atom. The Labute approximate surface area is 134 Å². The van der Waals surface area contributed by atoms with Gasteiger partial charge in [0, 0.05) is 7.05 Å². The first kappa shape index (κ1) is 15.2. The minimum Gasteiger partial charge on any atom is -0.330 e. The van der Waals surface area contributed by atoms with Crippen molar-refractivity contribution in [3.63, 3.8) is 0 Å². The smallest absolute Gasteiger partial charge is 0.240 e. The Balaban J connectivity index is 1.83. The van der Waals surface area contributed by atoms with Crippen LogP contribution in [0.1, 0.15) is 11.4 Å². The molecule has 1 heterocycles. The topological polar surface area (TPSA) is 87.8 Å². The van der Waals surface area contributed by atoms with Gasteiger partial charge in [0.25, 0.3) is 0 Å². The van der Waals surface area contributed by atoms with Crippen LogP contribution in [-0.4, -0.2) is 18.0 Å². The van der Waals surface area contributed by atoms with Gasteiger partial charge in [-0.25, -0.2) is 18.1 Å². The number of hydrogen-bond acceptors (Lipinski definition) is 4. The van der Waals surface area contributed by atoms with E-state index in [1.54, 1.807) is 0 Å². The summed E-state index contributed by atoms with van der Waals surface area (Å²) in [7, 11) is -1.80. The molecular formula is C16H14N4O2S. The minimum absolute atomic E-state index is 0.0908. The van der Waals surface area contributed by atoms with E-state index in [2.05, 4.69) is 9.71 Å². The Hall–Kier alpha value is -2.69. The number of nitrogens with zero attached hydrogens (tertiary/aromatic N) is 3. The van der Waals surface area contributed by atoms with Crippen LogP contribution in [0.3, 0.4) is 0 Å². The van der Waals surface area contributed by atoms with Crippen molar-refractivity contribution in [3.8, 4) is 6.07 Å². The van der Waals surface area contributed by atoms with Gasteiger partial charge in [0.05, 0.1) is 34.1 Å². The summed E-state index contributed by atoms with van der Waals surface area (Å²) in [5, 5.41) is 8.76. The number of aryl methyl sites for hydroxylation is 1. The highest BCUT2D eigenvalue weighted by molar-refractivity contribution is 7.89. The molecule has 23 heavy (non-hydrogen) atoms. The first-order valence-corrected chi connectivity index (χ1v) is 8.40. The van der Waals surface area contributed by atoms with Crippen LogP contribution in [0.15, 0.2) is 53.4 Å². The molecule has 1 N–H and O–H groups in total. The van der Waals surface area contributed by atoms with E-state index in [1.807, 2.05) is 41.9 Å². The molecule has 0 saturated carbocycles. The molecular weight excluding hydrogens is 312 g/mol. The van der Waals surface area contributed by atoms with Gasteiger partial charge in [0.15, 0.2) is 0 Å². The summed E-state index contributed by atoms with van der Waals surface area (Å²) >= 11 is 0. The average Bonchev–Trinajstić information content (AvgIpc) is 2.90. The maximum atomic E-state index is 12.3. The van der Waals surface area contributed by atoms with Crippen molar-refractivity contribution in [2.75, 3.05) is 0 Å². The van der Waals surface area contributed by atoms with E-state index >= 15 is 0 Å². The number of sulfonamides is 1. The zero-order chi connectivity index (χ0) is 16.4. The molecule has 0 aliphatic carbocycles. The number of nitriles is 1. The molecule has 0 amide bonds. The van der Waals surface area contributed by atoms with Crippen molar-refractivity contribution in [2.45, 2.75) is 11.4 Å². The second-order valence-corrected chi connectivity index (χ2v) is 6.80. The Bertz CT molecular complexity index is 999. The van der Waals surface area contributed by atoms with Crippen LogP contribution < -0.4 is 4.72 Å². The van der Waals surface area contributed by atoms with Crippen LogP contribution in [0.2, 0.25) is 0 Å². The van der Waals surface area contributed by atoms with Crippen molar-refractivity contribution in [1.82, 2.24) is 14.3 Å². The van der Waals surface area contributed by atoms with Gasteiger partial charge >= 0.3 is 0 Å². The molecule has 2 aromatic carbocycles. The van der Waals surface area contributed by atoms with E-state index in [0.29, 0.717) is 11.4 Å². The Morgan fingerprint density at radius 3 is 2.52 bits per heavy atom. The van der Waals surface area contributed by atoms with E-state index < -0.39 is 10.0 Å². The standard InChI is InChI=1S/C16H14N4O2S/c1-20-15-5-3-2-4-14(15)19-16(20)11-18-23(21,22)13-8-6-12(10-17)7-9-13/h2-9,18H,11H2,1H3. The van der Waals surface area contributed by atoms with E-state index in [0.717, 1.165) is 11.0 Å². The molecule has 6 nitrogen and oxygen atoms in total. The Kier molecular flexibility index (Phi) is 3.86. The predicted molar refractivity (Wildman–Crippen MR) is 85.9 cm³/mol. The van der Waals surface area contributed by atoms with E-state index in [-0.39, 0.29) is 11.4 Å². The van der Waals surface area contributed by atoms with Crippen molar-refractivity contribution in [2.24, 2.45) is 7.05 Å². The van der Waals surface area contributed by atoms with Gasteiger partial charge < -0.3 is 4.57 Å². The highest BCUT2D eigenvalue weighted by Crippen LogP contribution is 2.15. The summed E-state index contributed by atoms with van der Waals surface area (Å²) in [5.74, 6) is 0.628. The van der Waals surface area contributed by atoms with Crippen LogP contribution in [-0.2, 0) is 23.6 Å². The highest BCUT2D eigenvalue weighted by atomic mass is 32.2. The quantitative estimate of drug-likeness (QED) is 0.793. The van der Waals surface area contributed by atoms with Crippen molar-refractivity contribution in [3.05, 3.63) is 59.9 Å². The predicted octanol–water partition coefficient (Wildman–Crippen LogP) is 1.92. The van der Waals surface area contributed by atoms with Crippen molar-refractivity contribution >= 4 is 21.1 Å². The van der Waals surface area contributed by atoms with E-state index in [4.69, 9.17) is 5.26 Å². The lowest BCUT2D eigenvalue weighted by Crippen LogP contribution is -2.24. The molecule has 0 atom stereocenters. The number of fused-ring (bicyclic) bond motifs is 1. The molecule has 1 aromatic heterocycles. The summed E-state index contributed by atoms with van der Waals surface area (Å²) < 4.78 is 29.0. The third-order valence-electron chi connectivity index (χ3n) is 3.59.